The normalized spacial score (nSPS) is 16.2. The van der Waals surface area contributed by atoms with E-state index in [9.17, 15) is 0 Å². The van der Waals surface area contributed by atoms with Crippen LogP contribution in [0.15, 0.2) is 17.5 Å². The van der Waals surface area contributed by atoms with Gasteiger partial charge in [0.25, 0.3) is 0 Å². The molecule has 0 aliphatic rings. The molecule has 58 valence electrons. The first kappa shape index (κ1) is 9.38. The van der Waals surface area contributed by atoms with Crippen LogP contribution in [0.2, 0.25) is 0 Å². The fraction of sp³-hybridized carbons (Fsp3) is 0. The van der Waals surface area contributed by atoms with Gasteiger partial charge in [-0.25, -0.2) is 0 Å². The van der Waals surface area contributed by atoms with Gasteiger partial charge in [0.05, 0.1) is 0 Å². The van der Waals surface area contributed by atoms with E-state index in [1.165, 1.54) is 11.3 Å². The molecule has 0 nitrogen and oxygen atoms in total. The third-order valence-corrected chi connectivity index (χ3v) is 7.13. The Kier molecular flexibility index (Phi) is 2.49. The van der Waals surface area contributed by atoms with Gasteiger partial charge in [-0.2, -0.15) is 0 Å². The Morgan fingerprint density at radius 3 is 2.00 bits per heavy atom. The van der Waals surface area contributed by atoms with Crippen molar-refractivity contribution in [3.8, 4) is 0 Å². The van der Waals surface area contributed by atoms with Gasteiger partial charge in [0.2, 0.25) is 0 Å². The molecule has 6 heteroatoms. The van der Waals surface area contributed by atoms with Crippen LogP contribution < -0.4 is 4.62 Å². The Hall–Kier alpha value is 1.29. The predicted octanol–water partition coefficient (Wildman–Crippen LogP) is 4.54. The van der Waals surface area contributed by atoms with Crippen LogP contribution >= 0.6 is 60.3 Å². The summed E-state index contributed by atoms with van der Waals surface area (Å²) in [6.07, 6.45) is 0. The van der Waals surface area contributed by atoms with Crippen molar-refractivity contribution in [3.63, 3.8) is 0 Å². The quantitative estimate of drug-likeness (QED) is 0.647. The summed E-state index contributed by atoms with van der Waals surface area (Å²) in [5, 5.41) is 1.83. The molecular formula is C4H3Cl4PS. The van der Waals surface area contributed by atoms with E-state index in [4.69, 9.17) is 45.0 Å². The molecule has 0 aromatic carbocycles. The zero-order valence-electron chi connectivity index (χ0n) is 4.60. The van der Waals surface area contributed by atoms with Crippen LogP contribution in [-0.4, -0.2) is 0 Å². The van der Waals surface area contributed by atoms with Crippen LogP contribution in [0.1, 0.15) is 0 Å². The first-order valence-corrected chi connectivity index (χ1v) is 9.03. The standard InChI is InChI=1S/C4H3Cl4PS/c5-9(6,7,8)4-2-1-3-10-4/h1-3H. The molecule has 0 radical (unpaired) electrons. The summed E-state index contributed by atoms with van der Waals surface area (Å²) in [4.78, 5) is 0. The zero-order chi connectivity index (χ0) is 7.85. The number of hydrogen-bond acceptors (Lipinski definition) is 1. The molecule has 0 saturated carbocycles. The first-order valence-electron chi connectivity index (χ1n) is 2.29. The summed E-state index contributed by atoms with van der Waals surface area (Å²) in [5.41, 5.74) is 0. The molecule has 0 bridgehead atoms. The van der Waals surface area contributed by atoms with Gasteiger partial charge in [-0.15, -0.1) is 0 Å². The summed E-state index contributed by atoms with van der Waals surface area (Å²) in [5.74, 6) is 0. The molecule has 0 spiro atoms. The molecule has 10 heavy (non-hydrogen) atoms. The second-order valence-corrected chi connectivity index (χ2v) is 16.1. The first-order chi connectivity index (χ1) is 4.36. The molecule has 0 atom stereocenters. The van der Waals surface area contributed by atoms with Crippen molar-refractivity contribution in [1.82, 2.24) is 0 Å². The average Bonchev–Trinajstić information content (AvgIpc) is 2.04. The van der Waals surface area contributed by atoms with Gasteiger partial charge in [-0.1, -0.05) is 0 Å². The molecule has 0 fully saturated rings. The van der Waals surface area contributed by atoms with Crippen molar-refractivity contribution in [2.75, 3.05) is 0 Å². The number of thiophene rings is 1. The van der Waals surface area contributed by atoms with Crippen LogP contribution in [0.25, 0.3) is 0 Å². The maximum atomic E-state index is 5.69. The Morgan fingerprint density at radius 1 is 1.20 bits per heavy atom. The second-order valence-electron chi connectivity index (χ2n) is 1.67. The summed E-state index contributed by atoms with van der Waals surface area (Å²) in [6, 6.07) is 3.53. The fourth-order valence-corrected chi connectivity index (χ4v) is 4.16. The topological polar surface area (TPSA) is 0 Å². The van der Waals surface area contributed by atoms with E-state index in [1.54, 1.807) is 12.1 Å². The molecule has 0 N–H and O–H groups in total. The Labute approximate surface area is 82.1 Å². The number of halogens is 4. The van der Waals surface area contributed by atoms with Crippen LogP contribution in [-0.2, 0) is 0 Å². The van der Waals surface area contributed by atoms with Gasteiger partial charge >= 0.3 is 82.4 Å². The van der Waals surface area contributed by atoms with Crippen molar-refractivity contribution in [2.24, 2.45) is 0 Å². The molecule has 1 rings (SSSR count). The van der Waals surface area contributed by atoms with E-state index in [-0.39, 0.29) is 0 Å². The summed E-state index contributed by atoms with van der Waals surface area (Å²) in [7, 11) is 0. The SMILES string of the molecule is ClP(Cl)(Cl)(Cl)c1cccs1. The molecule has 1 aromatic rings. The monoisotopic (exact) mass is 254 g/mol. The molecule has 0 saturated heterocycles. The van der Waals surface area contributed by atoms with Crippen LogP contribution in [0, 0.1) is 0 Å². The molecule has 0 unspecified atom stereocenters. The van der Waals surface area contributed by atoms with E-state index >= 15 is 0 Å². The van der Waals surface area contributed by atoms with Gasteiger partial charge in [0, 0.05) is 0 Å². The van der Waals surface area contributed by atoms with E-state index < -0.39 is 4.01 Å². The van der Waals surface area contributed by atoms with Gasteiger partial charge in [0.15, 0.2) is 0 Å². The Balaban J connectivity index is 3.09. The van der Waals surface area contributed by atoms with Crippen molar-refractivity contribution in [3.05, 3.63) is 17.5 Å². The van der Waals surface area contributed by atoms with Crippen LogP contribution in [0.5, 0.6) is 0 Å². The predicted molar refractivity (Wildman–Crippen MR) is 54.3 cm³/mol. The molecule has 0 amide bonds. The van der Waals surface area contributed by atoms with E-state index in [0.717, 1.165) is 0 Å². The number of rotatable bonds is 1. The Morgan fingerprint density at radius 2 is 1.80 bits per heavy atom. The second kappa shape index (κ2) is 2.65. The molecule has 1 heterocycles. The van der Waals surface area contributed by atoms with Crippen molar-refractivity contribution in [1.29, 1.82) is 0 Å². The summed E-state index contributed by atoms with van der Waals surface area (Å²) >= 11 is 24.1. The minimum absolute atomic E-state index is 0.637. The van der Waals surface area contributed by atoms with Gasteiger partial charge in [-0.3, -0.25) is 0 Å². The fourth-order valence-electron chi connectivity index (χ4n) is 0.462. The third kappa shape index (κ3) is 2.41. The van der Waals surface area contributed by atoms with Gasteiger partial charge in [0.1, 0.15) is 0 Å². The molecular weight excluding hydrogens is 253 g/mol. The van der Waals surface area contributed by atoms with Gasteiger partial charge < -0.3 is 0 Å². The van der Waals surface area contributed by atoms with Crippen LogP contribution in [0.3, 0.4) is 0 Å². The van der Waals surface area contributed by atoms with Crippen LogP contribution in [0.4, 0.5) is 0 Å². The van der Waals surface area contributed by atoms with Crippen molar-refractivity contribution < 1.29 is 0 Å². The summed E-state index contributed by atoms with van der Waals surface area (Å²) in [6.45, 7) is 0. The van der Waals surface area contributed by atoms with Crippen molar-refractivity contribution >= 4 is 64.9 Å². The van der Waals surface area contributed by atoms with Crippen molar-refractivity contribution in [2.45, 2.75) is 0 Å². The average molecular weight is 256 g/mol. The summed E-state index contributed by atoms with van der Waals surface area (Å²) < 4.78 is -2.89. The van der Waals surface area contributed by atoms with E-state index in [2.05, 4.69) is 0 Å². The van der Waals surface area contributed by atoms with E-state index in [0.29, 0.717) is 4.62 Å². The number of hydrogen-bond donors (Lipinski definition) is 0. The van der Waals surface area contributed by atoms with Gasteiger partial charge in [-0.05, 0) is 0 Å². The molecule has 1 aromatic heterocycles. The minimum atomic E-state index is -3.53. The molecule has 0 aliphatic carbocycles. The Bertz CT molecular complexity index is 214. The maximum absolute atomic E-state index is 5.69. The van der Waals surface area contributed by atoms with E-state index in [1.807, 2.05) is 5.38 Å². The third-order valence-electron chi connectivity index (χ3n) is 0.839. The zero-order valence-corrected chi connectivity index (χ0v) is 9.33. The molecule has 0 aliphatic heterocycles.